The van der Waals surface area contributed by atoms with E-state index in [1.165, 1.54) is 13.3 Å². The summed E-state index contributed by atoms with van der Waals surface area (Å²) in [7, 11) is 0. The molecule has 2 fully saturated rings. The van der Waals surface area contributed by atoms with Gasteiger partial charge in [0.25, 0.3) is 0 Å². The number of carbonyl (C=O) groups excluding carboxylic acids is 2. The van der Waals surface area contributed by atoms with Crippen molar-refractivity contribution in [3.05, 3.63) is 43.1 Å². The van der Waals surface area contributed by atoms with E-state index < -0.39 is 5.54 Å². The molecule has 8 nitrogen and oxygen atoms in total. The summed E-state index contributed by atoms with van der Waals surface area (Å²) in [6, 6.07) is 5.55. The maximum atomic E-state index is 12.7. The molecule has 0 unspecified atom stereocenters. The number of rotatable bonds is 2. The van der Waals surface area contributed by atoms with Crippen LogP contribution >= 0.6 is 0 Å². The van der Waals surface area contributed by atoms with Crippen LogP contribution in [0.1, 0.15) is 13.3 Å². The van der Waals surface area contributed by atoms with Gasteiger partial charge in [-0.15, -0.1) is 0 Å². The summed E-state index contributed by atoms with van der Waals surface area (Å²) >= 11 is 0. The van der Waals surface area contributed by atoms with Crippen molar-refractivity contribution >= 4 is 23.3 Å². The van der Waals surface area contributed by atoms with Gasteiger partial charge < -0.3 is 14.7 Å². The molecule has 0 saturated carbocycles. The molecule has 134 valence electrons. The Labute approximate surface area is 151 Å². The fourth-order valence-corrected chi connectivity index (χ4v) is 3.92. The molecule has 2 aliphatic heterocycles. The van der Waals surface area contributed by atoms with E-state index in [1.54, 1.807) is 28.4 Å². The number of anilines is 2. The number of piperazine rings is 1. The van der Waals surface area contributed by atoms with Gasteiger partial charge in [-0.2, -0.15) is 0 Å². The number of nitrogens with zero attached hydrogens (tertiary/aromatic N) is 6. The van der Waals surface area contributed by atoms with Crippen molar-refractivity contribution in [2.24, 2.45) is 0 Å². The van der Waals surface area contributed by atoms with Crippen molar-refractivity contribution < 1.29 is 9.59 Å². The first-order valence-electron chi connectivity index (χ1n) is 8.59. The lowest BCUT2D eigenvalue weighted by atomic mass is 9.92. The predicted octanol–water partition coefficient (Wildman–Crippen LogP) is 0.716. The summed E-state index contributed by atoms with van der Waals surface area (Å²) in [6.07, 6.45) is 7.38. The number of aromatic nitrogens is 3. The van der Waals surface area contributed by atoms with Gasteiger partial charge in [-0.25, -0.2) is 9.97 Å². The third-order valence-electron chi connectivity index (χ3n) is 5.18. The Morgan fingerprint density at radius 1 is 1.19 bits per heavy atom. The van der Waals surface area contributed by atoms with E-state index in [0.717, 1.165) is 24.5 Å². The fourth-order valence-electron chi connectivity index (χ4n) is 3.92. The molecule has 2 aromatic rings. The Morgan fingerprint density at radius 3 is 2.77 bits per heavy atom. The molecular formula is C18H20N6O2. The van der Waals surface area contributed by atoms with Gasteiger partial charge in [-0.05, 0) is 24.6 Å². The maximum Gasteiger partial charge on any atom is 0.246 e. The van der Waals surface area contributed by atoms with E-state index >= 15 is 0 Å². The van der Waals surface area contributed by atoms with Crippen LogP contribution in [-0.4, -0.2) is 63.4 Å². The molecule has 1 atom stereocenters. The zero-order valence-corrected chi connectivity index (χ0v) is 14.6. The summed E-state index contributed by atoms with van der Waals surface area (Å²) in [4.78, 5) is 43.0. The zero-order valence-electron chi connectivity index (χ0n) is 14.6. The number of hydrogen-bond acceptors (Lipinski definition) is 6. The van der Waals surface area contributed by atoms with E-state index in [9.17, 15) is 9.59 Å². The zero-order chi connectivity index (χ0) is 18.1. The van der Waals surface area contributed by atoms with Crippen LogP contribution in [0.2, 0.25) is 0 Å². The smallest absolute Gasteiger partial charge is 0.246 e. The molecule has 0 bridgehead atoms. The van der Waals surface area contributed by atoms with Crippen LogP contribution in [0.25, 0.3) is 0 Å². The summed E-state index contributed by atoms with van der Waals surface area (Å²) in [5.41, 5.74) is 0.334. The van der Waals surface area contributed by atoms with Crippen molar-refractivity contribution in [2.45, 2.75) is 18.9 Å². The van der Waals surface area contributed by atoms with Gasteiger partial charge in [0.15, 0.2) is 0 Å². The van der Waals surface area contributed by atoms with E-state index in [2.05, 4.69) is 19.9 Å². The van der Waals surface area contributed by atoms with Gasteiger partial charge in [0.2, 0.25) is 11.8 Å². The lowest BCUT2D eigenvalue weighted by Crippen LogP contribution is -2.66. The second-order valence-corrected chi connectivity index (χ2v) is 6.76. The minimum absolute atomic E-state index is 0.0753. The van der Waals surface area contributed by atoms with Crippen molar-refractivity contribution in [1.29, 1.82) is 0 Å². The Bertz CT molecular complexity index is 815. The third kappa shape index (κ3) is 2.77. The van der Waals surface area contributed by atoms with Crippen LogP contribution in [0, 0.1) is 0 Å². The Hall–Kier alpha value is -3.03. The lowest BCUT2D eigenvalue weighted by molar-refractivity contribution is -0.142. The summed E-state index contributed by atoms with van der Waals surface area (Å²) in [5, 5.41) is 0. The van der Waals surface area contributed by atoms with E-state index in [4.69, 9.17) is 0 Å². The summed E-state index contributed by atoms with van der Waals surface area (Å²) in [5.74, 6) is 0.679. The molecule has 1 spiro atoms. The highest BCUT2D eigenvalue weighted by molar-refractivity contribution is 5.98. The van der Waals surface area contributed by atoms with Crippen molar-refractivity contribution in [1.82, 2.24) is 19.9 Å². The van der Waals surface area contributed by atoms with Crippen molar-refractivity contribution in [2.75, 3.05) is 36.0 Å². The van der Waals surface area contributed by atoms with Crippen LogP contribution in [0.4, 0.5) is 11.5 Å². The highest BCUT2D eigenvalue weighted by Gasteiger charge is 2.50. The lowest BCUT2D eigenvalue weighted by Gasteiger charge is -2.48. The molecule has 4 heterocycles. The Kier molecular flexibility index (Phi) is 4.02. The fraction of sp³-hybridized carbons (Fsp3) is 0.389. The quantitative estimate of drug-likeness (QED) is 0.792. The van der Waals surface area contributed by atoms with Crippen LogP contribution in [0.5, 0.6) is 0 Å². The molecule has 26 heavy (non-hydrogen) atoms. The number of carbonyl (C=O) groups is 2. The second-order valence-electron chi connectivity index (χ2n) is 6.76. The first-order valence-corrected chi connectivity index (χ1v) is 8.59. The first kappa shape index (κ1) is 16.4. The Morgan fingerprint density at radius 2 is 2.08 bits per heavy atom. The standard InChI is InChI=1S/C18H20N6O2/c1-14(25)24-10-17(26)23(15-3-2-6-19-9-15)12-18(24)5-8-22(11-18)16-4-7-20-13-21-16/h2-4,6-7,9,13H,5,8,10-12H2,1H3/t18-/m0/s1. The first-order chi connectivity index (χ1) is 12.6. The normalized spacial score (nSPS) is 23.0. The average molecular weight is 352 g/mol. The second kappa shape index (κ2) is 6.36. The van der Waals surface area contributed by atoms with Gasteiger partial charge in [-0.1, -0.05) is 0 Å². The molecule has 0 radical (unpaired) electrons. The molecule has 2 amide bonds. The summed E-state index contributed by atoms with van der Waals surface area (Å²) in [6.45, 7) is 3.48. The average Bonchev–Trinajstić information content (AvgIpc) is 3.09. The van der Waals surface area contributed by atoms with Gasteiger partial charge in [0.1, 0.15) is 18.7 Å². The Balaban J connectivity index is 1.65. The van der Waals surface area contributed by atoms with Gasteiger partial charge in [0, 0.05) is 32.4 Å². The molecule has 2 aliphatic rings. The van der Waals surface area contributed by atoms with Crippen LogP contribution < -0.4 is 9.80 Å². The molecule has 0 aromatic carbocycles. The SMILES string of the molecule is CC(=O)N1CC(=O)N(c2cccnc2)C[C@@]12CCN(c1ccncn1)C2. The molecular weight excluding hydrogens is 332 g/mol. The molecule has 2 aromatic heterocycles. The molecule has 0 N–H and O–H groups in total. The molecule has 4 rings (SSSR count). The highest BCUT2D eigenvalue weighted by Crippen LogP contribution is 2.35. The van der Waals surface area contributed by atoms with E-state index in [-0.39, 0.29) is 18.4 Å². The van der Waals surface area contributed by atoms with E-state index in [1.807, 2.05) is 18.2 Å². The van der Waals surface area contributed by atoms with Gasteiger partial charge in [-0.3, -0.25) is 14.6 Å². The monoisotopic (exact) mass is 352 g/mol. The third-order valence-corrected chi connectivity index (χ3v) is 5.18. The maximum absolute atomic E-state index is 12.7. The highest BCUT2D eigenvalue weighted by atomic mass is 16.2. The minimum atomic E-state index is -0.430. The molecule has 2 saturated heterocycles. The largest absolute Gasteiger partial charge is 0.354 e. The topological polar surface area (TPSA) is 82.5 Å². The molecule has 8 heteroatoms. The van der Waals surface area contributed by atoms with Crippen LogP contribution in [0.3, 0.4) is 0 Å². The number of amides is 2. The number of pyridine rings is 1. The summed E-state index contributed by atoms with van der Waals surface area (Å²) < 4.78 is 0. The van der Waals surface area contributed by atoms with Crippen molar-refractivity contribution in [3.63, 3.8) is 0 Å². The van der Waals surface area contributed by atoms with Gasteiger partial charge >= 0.3 is 0 Å². The van der Waals surface area contributed by atoms with E-state index in [0.29, 0.717) is 13.1 Å². The van der Waals surface area contributed by atoms with Gasteiger partial charge in [0.05, 0.1) is 24.0 Å². The minimum Gasteiger partial charge on any atom is -0.354 e. The van der Waals surface area contributed by atoms with Crippen LogP contribution in [-0.2, 0) is 9.59 Å². The molecule has 0 aliphatic carbocycles. The van der Waals surface area contributed by atoms with Crippen molar-refractivity contribution in [3.8, 4) is 0 Å². The predicted molar refractivity (Wildman–Crippen MR) is 95.6 cm³/mol. The number of hydrogen-bond donors (Lipinski definition) is 0. The van der Waals surface area contributed by atoms with Crippen LogP contribution in [0.15, 0.2) is 43.1 Å².